The number of nitrogens with zero attached hydrogens (tertiary/aromatic N) is 2. The smallest absolute Gasteiger partial charge is 0.191 e. The predicted octanol–water partition coefficient (Wildman–Crippen LogP) is 2.07. The number of likely N-dealkylation sites (tertiary alicyclic amines) is 1. The van der Waals surface area contributed by atoms with E-state index in [0.717, 1.165) is 31.5 Å². The first-order chi connectivity index (χ1) is 9.26. The fraction of sp³-hybridized carbons (Fsp3) is 0.933. The Labute approximate surface area is 119 Å². The van der Waals surface area contributed by atoms with Crippen LogP contribution in [0.25, 0.3) is 0 Å². The van der Waals surface area contributed by atoms with Gasteiger partial charge in [-0.3, -0.25) is 4.99 Å². The number of unbranched alkanes of at least 4 members (excludes halogenated alkanes) is 1. The summed E-state index contributed by atoms with van der Waals surface area (Å²) in [7, 11) is 0. The summed E-state index contributed by atoms with van der Waals surface area (Å²) in [5.74, 6) is 1.84. The maximum absolute atomic E-state index is 4.58. The summed E-state index contributed by atoms with van der Waals surface area (Å²) < 4.78 is 0. The van der Waals surface area contributed by atoms with Crippen LogP contribution in [0.4, 0.5) is 0 Å². The number of aliphatic imine (C=N–C) groups is 1. The van der Waals surface area contributed by atoms with Crippen molar-refractivity contribution >= 4 is 5.96 Å². The average molecular weight is 268 g/mol. The number of nitrogens with one attached hydrogen (secondary N) is 2. The molecule has 4 nitrogen and oxygen atoms in total. The van der Waals surface area contributed by atoms with Crippen LogP contribution in [0.2, 0.25) is 0 Å². The van der Waals surface area contributed by atoms with Crippen LogP contribution in [0.5, 0.6) is 0 Å². The van der Waals surface area contributed by atoms with Crippen molar-refractivity contribution in [2.75, 3.05) is 39.3 Å². The largest absolute Gasteiger partial charge is 0.357 e. The van der Waals surface area contributed by atoms with Gasteiger partial charge in [0, 0.05) is 26.2 Å². The molecular formula is C15H32N4. The van der Waals surface area contributed by atoms with Gasteiger partial charge in [0.25, 0.3) is 0 Å². The molecule has 1 unspecified atom stereocenters. The second kappa shape index (κ2) is 10.1. The normalized spacial score (nSPS) is 20.1. The van der Waals surface area contributed by atoms with E-state index in [1.165, 1.54) is 45.3 Å². The van der Waals surface area contributed by atoms with E-state index in [1.54, 1.807) is 0 Å². The second-order valence-corrected chi connectivity index (χ2v) is 5.55. The minimum absolute atomic E-state index is 0.890. The molecule has 0 spiro atoms. The Morgan fingerprint density at radius 2 is 1.95 bits per heavy atom. The lowest BCUT2D eigenvalue weighted by Crippen LogP contribution is -2.37. The Morgan fingerprint density at radius 1 is 1.21 bits per heavy atom. The van der Waals surface area contributed by atoms with Gasteiger partial charge in [-0.2, -0.15) is 0 Å². The van der Waals surface area contributed by atoms with E-state index < -0.39 is 0 Å². The van der Waals surface area contributed by atoms with E-state index in [2.05, 4.69) is 41.3 Å². The van der Waals surface area contributed by atoms with Crippen molar-refractivity contribution in [2.24, 2.45) is 10.9 Å². The number of hydrogen-bond donors (Lipinski definition) is 2. The van der Waals surface area contributed by atoms with Crippen molar-refractivity contribution in [3.8, 4) is 0 Å². The van der Waals surface area contributed by atoms with Crippen molar-refractivity contribution in [2.45, 2.75) is 46.5 Å². The fourth-order valence-corrected chi connectivity index (χ4v) is 2.64. The van der Waals surface area contributed by atoms with E-state index >= 15 is 0 Å². The van der Waals surface area contributed by atoms with Gasteiger partial charge >= 0.3 is 0 Å². The molecule has 1 saturated heterocycles. The monoisotopic (exact) mass is 268 g/mol. The van der Waals surface area contributed by atoms with Gasteiger partial charge in [0.2, 0.25) is 0 Å². The van der Waals surface area contributed by atoms with Crippen molar-refractivity contribution < 1.29 is 0 Å². The summed E-state index contributed by atoms with van der Waals surface area (Å²) in [4.78, 5) is 7.20. The number of piperidine rings is 1. The standard InChI is InChI=1S/C15H32N4/c1-4-16-15(17-5-2)18-10-6-7-11-19-12-8-9-14(3)13-19/h14H,4-13H2,1-3H3,(H2,16,17,18). The molecule has 0 aliphatic carbocycles. The Balaban J connectivity index is 2.10. The van der Waals surface area contributed by atoms with Crippen LogP contribution < -0.4 is 10.6 Å². The van der Waals surface area contributed by atoms with Gasteiger partial charge in [-0.1, -0.05) is 6.92 Å². The minimum atomic E-state index is 0.890. The quantitative estimate of drug-likeness (QED) is 0.422. The summed E-state index contributed by atoms with van der Waals surface area (Å²) in [6.45, 7) is 13.2. The zero-order chi connectivity index (χ0) is 13.9. The molecule has 1 fully saturated rings. The third-order valence-electron chi connectivity index (χ3n) is 3.58. The molecule has 0 bridgehead atoms. The molecule has 0 aromatic heterocycles. The van der Waals surface area contributed by atoms with Crippen molar-refractivity contribution in [1.82, 2.24) is 15.5 Å². The molecule has 1 heterocycles. The maximum atomic E-state index is 4.58. The highest BCUT2D eigenvalue weighted by molar-refractivity contribution is 5.79. The van der Waals surface area contributed by atoms with E-state index in [4.69, 9.17) is 0 Å². The average Bonchev–Trinajstić information content (AvgIpc) is 2.39. The minimum Gasteiger partial charge on any atom is -0.357 e. The highest BCUT2D eigenvalue weighted by Gasteiger charge is 2.15. The summed E-state index contributed by atoms with van der Waals surface area (Å²) in [5.41, 5.74) is 0. The zero-order valence-corrected chi connectivity index (χ0v) is 13.0. The van der Waals surface area contributed by atoms with Gasteiger partial charge in [-0.15, -0.1) is 0 Å². The first-order valence-corrected chi connectivity index (χ1v) is 8.00. The third kappa shape index (κ3) is 7.41. The van der Waals surface area contributed by atoms with Crippen LogP contribution in [0.1, 0.15) is 46.5 Å². The summed E-state index contributed by atoms with van der Waals surface area (Å²) in [6.07, 6.45) is 5.24. The van der Waals surface area contributed by atoms with Crippen molar-refractivity contribution in [1.29, 1.82) is 0 Å². The number of guanidine groups is 1. The van der Waals surface area contributed by atoms with Crippen LogP contribution in [0.15, 0.2) is 4.99 Å². The molecule has 2 N–H and O–H groups in total. The van der Waals surface area contributed by atoms with Gasteiger partial charge in [-0.05, 0) is 58.5 Å². The van der Waals surface area contributed by atoms with Gasteiger partial charge in [0.15, 0.2) is 5.96 Å². The molecule has 1 rings (SSSR count). The molecule has 0 aromatic carbocycles. The Hall–Kier alpha value is -0.770. The van der Waals surface area contributed by atoms with Crippen LogP contribution in [0.3, 0.4) is 0 Å². The molecule has 0 aromatic rings. The number of rotatable bonds is 7. The second-order valence-electron chi connectivity index (χ2n) is 5.55. The SMILES string of the molecule is CCNC(=NCCCCN1CCCC(C)C1)NCC. The van der Waals surface area contributed by atoms with Gasteiger partial charge in [-0.25, -0.2) is 0 Å². The molecule has 0 radical (unpaired) electrons. The number of hydrogen-bond acceptors (Lipinski definition) is 2. The van der Waals surface area contributed by atoms with Crippen LogP contribution >= 0.6 is 0 Å². The Kier molecular flexibility index (Phi) is 8.63. The van der Waals surface area contributed by atoms with Crippen LogP contribution in [-0.4, -0.2) is 50.1 Å². The topological polar surface area (TPSA) is 39.7 Å². The molecule has 4 heteroatoms. The molecule has 0 saturated carbocycles. The third-order valence-corrected chi connectivity index (χ3v) is 3.58. The van der Waals surface area contributed by atoms with E-state index in [1.807, 2.05) is 0 Å². The van der Waals surface area contributed by atoms with E-state index in [0.29, 0.717) is 0 Å². The molecular weight excluding hydrogens is 236 g/mol. The van der Waals surface area contributed by atoms with Gasteiger partial charge in [0.1, 0.15) is 0 Å². The molecule has 1 aliphatic heterocycles. The highest BCUT2D eigenvalue weighted by atomic mass is 15.2. The molecule has 1 atom stereocenters. The Morgan fingerprint density at radius 3 is 2.58 bits per heavy atom. The lowest BCUT2D eigenvalue weighted by atomic mass is 10.0. The lowest BCUT2D eigenvalue weighted by Gasteiger charge is -2.30. The first kappa shape index (κ1) is 16.3. The highest BCUT2D eigenvalue weighted by Crippen LogP contribution is 2.15. The molecule has 1 aliphatic rings. The Bertz CT molecular complexity index is 245. The van der Waals surface area contributed by atoms with Crippen LogP contribution in [0, 0.1) is 5.92 Å². The summed E-state index contributed by atoms with van der Waals surface area (Å²) >= 11 is 0. The van der Waals surface area contributed by atoms with Gasteiger partial charge < -0.3 is 15.5 Å². The lowest BCUT2D eigenvalue weighted by molar-refractivity contribution is 0.181. The van der Waals surface area contributed by atoms with Crippen molar-refractivity contribution in [3.63, 3.8) is 0 Å². The fourth-order valence-electron chi connectivity index (χ4n) is 2.64. The zero-order valence-electron chi connectivity index (χ0n) is 13.0. The molecule has 0 amide bonds. The summed E-state index contributed by atoms with van der Waals surface area (Å²) in [5, 5.41) is 6.52. The first-order valence-electron chi connectivity index (χ1n) is 8.00. The predicted molar refractivity (Wildman–Crippen MR) is 83.7 cm³/mol. The van der Waals surface area contributed by atoms with Crippen molar-refractivity contribution in [3.05, 3.63) is 0 Å². The molecule has 112 valence electrons. The van der Waals surface area contributed by atoms with Gasteiger partial charge in [0.05, 0.1) is 0 Å². The van der Waals surface area contributed by atoms with E-state index in [-0.39, 0.29) is 0 Å². The molecule has 19 heavy (non-hydrogen) atoms. The summed E-state index contributed by atoms with van der Waals surface area (Å²) in [6, 6.07) is 0. The van der Waals surface area contributed by atoms with Crippen LogP contribution in [-0.2, 0) is 0 Å². The maximum Gasteiger partial charge on any atom is 0.191 e. The van der Waals surface area contributed by atoms with E-state index in [9.17, 15) is 0 Å².